The second-order valence-corrected chi connectivity index (χ2v) is 6.60. The Bertz CT molecular complexity index is 265. The van der Waals surface area contributed by atoms with Crippen LogP contribution in [0.1, 0.15) is 48.5 Å². The number of rotatable bonds is 8. The molecule has 0 aliphatic heterocycles. The average molecular weight is 287 g/mol. The standard InChI is InChI=1S/C15H33N3O2/c1-12(2)18(13(3)4)11-10-16-8-9-17-14(19)20-15(5,6)7/h12-13,16H,8-11H2,1-7H3,(H,17,19). The predicted molar refractivity (Wildman–Crippen MR) is 84.1 cm³/mol. The SMILES string of the molecule is CC(C)N(CCNCCNC(=O)OC(C)(C)C)C(C)C. The van der Waals surface area contributed by atoms with Crippen LogP contribution in [0.5, 0.6) is 0 Å². The summed E-state index contributed by atoms with van der Waals surface area (Å²) >= 11 is 0. The highest BCUT2D eigenvalue weighted by Crippen LogP contribution is 2.06. The molecule has 0 radical (unpaired) electrons. The molecule has 0 saturated carbocycles. The van der Waals surface area contributed by atoms with E-state index in [-0.39, 0.29) is 6.09 Å². The molecule has 0 bridgehead atoms. The number of nitrogens with one attached hydrogen (secondary N) is 2. The summed E-state index contributed by atoms with van der Waals surface area (Å²) in [6.45, 7) is 17.7. The summed E-state index contributed by atoms with van der Waals surface area (Å²) in [5.74, 6) is 0. The molecule has 120 valence electrons. The number of nitrogens with zero attached hydrogens (tertiary/aromatic N) is 1. The molecule has 0 spiro atoms. The number of ether oxygens (including phenoxy) is 1. The van der Waals surface area contributed by atoms with E-state index in [1.807, 2.05) is 20.8 Å². The van der Waals surface area contributed by atoms with Gasteiger partial charge in [0.25, 0.3) is 0 Å². The Kier molecular flexibility index (Phi) is 8.81. The molecule has 0 fully saturated rings. The van der Waals surface area contributed by atoms with Crippen molar-refractivity contribution in [3.05, 3.63) is 0 Å². The Hall–Kier alpha value is -0.810. The van der Waals surface area contributed by atoms with E-state index in [1.165, 1.54) is 0 Å². The molecule has 0 atom stereocenters. The fraction of sp³-hybridized carbons (Fsp3) is 0.933. The fourth-order valence-corrected chi connectivity index (χ4v) is 2.01. The largest absolute Gasteiger partial charge is 0.444 e. The fourth-order valence-electron chi connectivity index (χ4n) is 2.01. The van der Waals surface area contributed by atoms with Crippen LogP contribution in [0, 0.1) is 0 Å². The molecule has 0 rings (SSSR count). The number of alkyl carbamates (subject to hydrolysis) is 1. The summed E-state index contributed by atoms with van der Waals surface area (Å²) in [7, 11) is 0. The topological polar surface area (TPSA) is 53.6 Å². The molecule has 0 aliphatic rings. The van der Waals surface area contributed by atoms with Crippen LogP contribution in [0.25, 0.3) is 0 Å². The quantitative estimate of drug-likeness (QED) is 0.672. The van der Waals surface area contributed by atoms with Crippen molar-refractivity contribution in [1.29, 1.82) is 0 Å². The van der Waals surface area contributed by atoms with Gasteiger partial charge in [-0.1, -0.05) is 0 Å². The van der Waals surface area contributed by atoms with Crippen molar-refractivity contribution >= 4 is 6.09 Å². The minimum absolute atomic E-state index is 0.356. The second-order valence-electron chi connectivity index (χ2n) is 6.60. The number of amides is 1. The van der Waals surface area contributed by atoms with Crippen LogP contribution in [-0.4, -0.2) is 54.9 Å². The van der Waals surface area contributed by atoms with Gasteiger partial charge in [-0.05, 0) is 48.5 Å². The van der Waals surface area contributed by atoms with Crippen molar-refractivity contribution in [1.82, 2.24) is 15.5 Å². The van der Waals surface area contributed by atoms with Crippen LogP contribution in [0.4, 0.5) is 4.79 Å². The van der Waals surface area contributed by atoms with E-state index in [9.17, 15) is 4.79 Å². The van der Waals surface area contributed by atoms with Gasteiger partial charge < -0.3 is 15.4 Å². The molecule has 2 N–H and O–H groups in total. The Balaban J connectivity index is 3.65. The number of carbonyl (C=O) groups excluding carboxylic acids is 1. The monoisotopic (exact) mass is 287 g/mol. The number of carbonyl (C=O) groups is 1. The molecule has 20 heavy (non-hydrogen) atoms. The van der Waals surface area contributed by atoms with Crippen LogP contribution in [-0.2, 0) is 4.74 Å². The maximum absolute atomic E-state index is 11.4. The maximum Gasteiger partial charge on any atom is 0.407 e. The summed E-state index contributed by atoms with van der Waals surface area (Å²) < 4.78 is 5.16. The Morgan fingerprint density at radius 1 is 1.05 bits per heavy atom. The van der Waals surface area contributed by atoms with Gasteiger partial charge in [0, 0.05) is 38.3 Å². The van der Waals surface area contributed by atoms with Crippen molar-refractivity contribution in [2.24, 2.45) is 0 Å². The summed E-state index contributed by atoms with van der Waals surface area (Å²) in [6.07, 6.45) is -0.356. The van der Waals surface area contributed by atoms with Gasteiger partial charge in [0.05, 0.1) is 0 Å². The molecular formula is C15H33N3O2. The normalized spacial score (nSPS) is 12.3. The lowest BCUT2D eigenvalue weighted by Crippen LogP contribution is -2.42. The van der Waals surface area contributed by atoms with Gasteiger partial charge in [0.15, 0.2) is 0 Å². The Labute approximate surface area is 124 Å². The van der Waals surface area contributed by atoms with E-state index in [4.69, 9.17) is 4.74 Å². The molecule has 0 aromatic heterocycles. The van der Waals surface area contributed by atoms with Gasteiger partial charge in [-0.3, -0.25) is 4.90 Å². The average Bonchev–Trinajstić information content (AvgIpc) is 2.24. The molecule has 0 heterocycles. The zero-order valence-electron chi connectivity index (χ0n) is 14.2. The van der Waals surface area contributed by atoms with Crippen LogP contribution >= 0.6 is 0 Å². The number of hydrogen-bond acceptors (Lipinski definition) is 4. The maximum atomic E-state index is 11.4. The van der Waals surface area contributed by atoms with E-state index in [0.29, 0.717) is 18.6 Å². The van der Waals surface area contributed by atoms with Gasteiger partial charge >= 0.3 is 6.09 Å². The first-order valence-electron chi connectivity index (χ1n) is 7.57. The van der Waals surface area contributed by atoms with E-state index >= 15 is 0 Å². The Morgan fingerprint density at radius 2 is 1.60 bits per heavy atom. The Morgan fingerprint density at radius 3 is 2.05 bits per heavy atom. The van der Waals surface area contributed by atoms with Crippen molar-refractivity contribution < 1.29 is 9.53 Å². The van der Waals surface area contributed by atoms with Crippen LogP contribution in [0.15, 0.2) is 0 Å². The smallest absolute Gasteiger partial charge is 0.407 e. The van der Waals surface area contributed by atoms with E-state index < -0.39 is 5.60 Å². The predicted octanol–water partition coefficient (Wildman–Crippen LogP) is 2.22. The van der Waals surface area contributed by atoms with Gasteiger partial charge in [-0.15, -0.1) is 0 Å². The first-order valence-corrected chi connectivity index (χ1v) is 7.57. The van der Waals surface area contributed by atoms with Crippen molar-refractivity contribution in [3.8, 4) is 0 Å². The molecule has 5 nitrogen and oxygen atoms in total. The van der Waals surface area contributed by atoms with Gasteiger partial charge in [-0.2, -0.15) is 0 Å². The first kappa shape index (κ1) is 19.2. The van der Waals surface area contributed by atoms with E-state index in [2.05, 4.69) is 43.2 Å². The molecular weight excluding hydrogens is 254 g/mol. The molecule has 0 aromatic carbocycles. The van der Waals surface area contributed by atoms with Crippen molar-refractivity contribution in [2.75, 3.05) is 26.2 Å². The number of hydrogen-bond donors (Lipinski definition) is 2. The zero-order valence-corrected chi connectivity index (χ0v) is 14.2. The molecule has 0 saturated heterocycles. The van der Waals surface area contributed by atoms with E-state index in [0.717, 1.165) is 19.6 Å². The third-order valence-corrected chi connectivity index (χ3v) is 2.84. The van der Waals surface area contributed by atoms with Crippen LogP contribution in [0.3, 0.4) is 0 Å². The minimum Gasteiger partial charge on any atom is -0.444 e. The van der Waals surface area contributed by atoms with Crippen molar-refractivity contribution in [2.45, 2.75) is 66.2 Å². The molecule has 1 amide bonds. The second kappa shape index (κ2) is 9.19. The summed E-state index contributed by atoms with van der Waals surface area (Å²) in [5.41, 5.74) is -0.438. The third kappa shape index (κ3) is 10.0. The molecule has 5 heteroatoms. The van der Waals surface area contributed by atoms with E-state index in [1.54, 1.807) is 0 Å². The van der Waals surface area contributed by atoms with Crippen LogP contribution in [0.2, 0.25) is 0 Å². The summed E-state index contributed by atoms with van der Waals surface area (Å²) in [4.78, 5) is 13.8. The molecule has 0 aromatic rings. The lowest BCUT2D eigenvalue weighted by Gasteiger charge is -2.30. The zero-order chi connectivity index (χ0) is 15.8. The van der Waals surface area contributed by atoms with Crippen molar-refractivity contribution in [3.63, 3.8) is 0 Å². The highest BCUT2D eigenvalue weighted by Gasteiger charge is 2.15. The highest BCUT2D eigenvalue weighted by molar-refractivity contribution is 5.67. The van der Waals surface area contributed by atoms with Crippen LogP contribution < -0.4 is 10.6 Å². The third-order valence-electron chi connectivity index (χ3n) is 2.84. The summed E-state index contributed by atoms with van der Waals surface area (Å²) in [5, 5.41) is 6.07. The van der Waals surface area contributed by atoms with Gasteiger partial charge in [0.1, 0.15) is 5.60 Å². The summed E-state index contributed by atoms with van der Waals surface area (Å²) in [6, 6.07) is 1.10. The lowest BCUT2D eigenvalue weighted by atomic mass is 10.2. The first-order chi connectivity index (χ1) is 9.13. The minimum atomic E-state index is -0.438. The molecule has 0 aliphatic carbocycles. The highest BCUT2D eigenvalue weighted by atomic mass is 16.6. The van der Waals surface area contributed by atoms with Gasteiger partial charge in [0.2, 0.25) is 0 Å². The molecule has 0 unspecified atom stereocenters. The van der Waals surface area contributed by atoms with Gasteiger partial charge in [-0.25, -0.2) is 4.79 Å². The lowest BCUT2D eigenvalue weighted by molar-refractivity contribution is 0.0528.